The molecule has 0 spiro atoms. The van der Waals surface area contributed by atoms with Crippen LogP contribution in [0, 0.1) is 6.92 Å². The number of Topliss-reactive ketones (excluding diaryl/α,β-unsaturated/α-hetero) is 1. The Morgan fingerprint density at radius 3 is 2.41 bits per heavy atom. The van der Waals surface area contributed by atoms with Crippen LogP contribution >= 0.6 is 11.8 Å². The third-order valence-electron chi connectivity index (χ3n) is 2.98. The van der Waals surface area contributed by atoms with Gasteiger partial charge in [0.2, 0.25) is 0 Å². The summed E-state index contributed by atoms with van der Waals surface area (Å²) in [7, 11) is 1.62. The van der Waals surface area contributed by atoms with Gasteiger partial charge in [0.15, 0.2) is 10.8 Å². The first-order valence-electron chi connectivity index (χ1n) is 6.82. The van der Waals surface area contributed by atoms with Gasteiger partial charge in [0.05, 0.1) is 12.8 Å². The molecule has 4 nitrogen and oxygen atoms in total. The van der Waals surface area contributed by atoms with Crippen LogP contribution in [0.3, 0.4) is 0 Å². The van der Waals surface area contributed by atoms with Gasteiger partial charge in [-0.1, -0.05) is 30.0 Å². The van der Waals surface area contributed by atoms with Crippen molar-refractivity contribution in [1.29, 1.82) is 0 Å². The molecule has 0 saturated carbocycles. The lowest BCUT2D eigenvalue weighted by Crippen LogP contribution is -2.08. The maximum Gasteiger partial charge on any atom is 0.186 e. The molecule has 0 aliphatic carbocycles. The van der Waals surface area contributed by atoms with E-state index in [0.717, 1.165) is 21.9 Å². The predicted octanol–water partition coefficient (Wildman–Crippen LogP) is 4.11. The van der Waals surface area contributed by atoms with E-state index >= 15 is 0 Å². The molecule has 0 radical (unpaired) electrons. The summed E-state index contributed by atoms with van der Waals surface area (Å²) in [6, 6.07) is 15.3. The second kappa shape index (κ2) is 7.66. The maximum absolute atomic E-state index is 11.8. The Morgan fingerprint density at radius 2 is 1.82 bits per heavy atom. The van der Waals surface area contributed by atoms with Crippen LogP contribution in [-0.4, -0.2) is 17.9 Å². The summed E-state index contributed by atoms with van der Waals surface area (Å²) in [4.78, 5) is 12.8. The molecule has 2 aromatic rings. The first-order valence-corrected chi connectivity index (χ1v) is 7.64. The number of methoxy groups -OCH3 is 1. The zero-order valence-corrected chi connectivity index (χ0v) is 13.6. The molecule has 0 aliphatic rings. The molecule has 0 aromatic heterocycles. The summed E-state index contributed by atoms with van der Waals surface area (Å²) in [6.07, 6.45) is 0. The van der Waals surface area contributed by atoms with Crippen molar-refractivity contribution in [3.05, 3.63) is 54.1 Å². The molecule has 0 atom stereocenters. The fraction of sp³-hybridized carbons (Fsp3) is 0.176. The van der Waals surface area contributed by atoms with Crippen LogP contribution in [0.1, 0.15) is 12.5 Å². The lowest BCUT2D eigenvalue weighted by molar-refractivity contribution is -0.110. The van der Waals surface area contributed by atoms with Crippen molar-refractivity contribution < 1.29 is 9.53 Å². The maximum atomic E-state index is 11.8. The smallest absolute Gasteiger partial charge is 0.186 e. The Bertz CT molecular complexity index is 681. The molecule has 1 N–H and O–H groups in total. The molecule has 0 heterocycles. The number of hydrogen-bond donors (Lipinski definition) is 1. The van der Waals surface area contributed by atoms with Gasteiger partial charge in [0.25, 0.3) is 0 Å². The van der Waals surface area contributed by atoms with E-state index in [9.17, 15) is 4.79 Å². The quantitative estimate of drug-likeness (QED) is 0.390. The Morgan fingerprint density at radius 1 is 1.14 bits per heavy atom. The van der Waals surface area contributed by atoms with Crippen LogP contribution in [0.5, 0.6) is 5.75 Å². The molecular formula is C17H18N2O2S. The summed E-state index contributed by atoms with van der Waals surface area (Å²) >= 11 is 1.36. The lowest BCUT2D eigenvalue weighted by Gasteiger charge is -2.07. The fourth-order valence-corrected chi connectivity index (χ4v) is 2.55. The lowest BCUT2D eigenvalue weighted by atomic mass is 10.2. The number of ether oxygens (including phenoxy) is 1. The summed E-state index contributed by atoms with van der Waals surface area (Å²) < 4.78 is 5.10. The third kappa shape index (κ3) is 4.36. The standard InChI is InChI=1S/C17H18N2O2S/c1-12-6-4-5-7-16(12)22-17(13(2)20)19-18-14-8-10-15(21-3)11-9-14/h4-11,18H,1-3H3/b19-17+. The number of carbonyl (C=O) groups excluding carboxylic acids is 1. The molecule has 0 amide bonds. The Labute approximate surface area is 134 Å². The largest absolute Gasteiger partial charge is 0.497 e. The molecule has 5 heteroatoms. The first kappa shape index (κ1) is 16.1. The van der Waals surface area contributed by atoms with Gasteiger partial charge < -0.3 is 4.74 Å². The molecule has 22 heavy (non-hydrogen) atoms. The van der Waals surface area contributed by atoms with Gasteiger partial charge in [-0.15, -0.1) is 0 Å². The molecule has 0 bridgehead atoms. The molecular weight excluding hydrogens is 296 g/mol. The molecule has 114 valence electrons. The molecule has 0 fully saturated rings. The van der Waals surface area contributed by atoms with Crippen molar-refractivity contribution in [2.24, 2.45) is 5.10 Å². The van der Waals surface area contributed by atoms with Gasteiger partial charge in [-0.25, -0.2) is 0 Å². The van der Waals surface area contributed by atoms with Crippen LogP contribution in [0.2, 0.25) is 0 Å². The van der Waals surface area contributed by atoms with Crippen molar-refractivity contribution in [2.45, 2.75) is 18.7 Å². The number of benzene rings is 2. The molecule has 2 rings (SSSR count). The number of ketones is 1. The monoisotopic (exact) mass is 314 g/mol. The number of aryl methyl sites for hydroxylation is 1. The average molecular weight is 314 g/mol. The topological polar surface area (TPSA) is 50.7 Å². The Hall–Kier alpha value is -2.27. The van der Waals surface area contributed by atoms with Gasteiger partial charge in [-0.05, 0) is 42.8 Å². The Kier molecular flexibility index (Phi) is 5.61. The second-order valence-electron chi connectivity index (χ2n) is 4.68. The van der Waals surface area contributed by atoms with Gasteiger partial charge in [-0.2, -0.15) is 5.10 Å². The number of nitrogens with one attached hydrogen (secondary N) is 1. The minimum absolute atomic E-state index is 0.0748. The number of thioether (sulfide) groups is 1. The third-order valence-corrected chi connectivity index (χ3v) is 4.23. The minimum Gasteiger partial charge on any atom is -0.497 e. The van der Waals surface area contributed by atoms with Crippen molar-refractivity contribution >= 4 is 28.3 Å². The van der Waals surface area contributed by atoms with Crippen molar-refractivity contribution in [2.75, 3.05) is 12.5 Å². The van der Waals surface area contributed by atoms with Crippen LogP contribution in [0.25, 0.3) is 0 Å². The van der Waals surface area contributed by atoms with Crippen LogP contribution in [-0.2, 0) is 4.79 Å². The van der Waals surface area contributed by atoms with Gasteiger partial charge >= 0.3 is 0 Å². The number of anilines is 1. The molecule has 2 aromatic carbocycles. The summed E-state index contributed by atoms with van der Waals surface area (Å²) in [6.45, 7) is 3.52. The van der Waals surface area contributed by atoms with Crippen LogP contribution in [0.4, 0.5) is 5.69 Å². The van der Waals surface area contributed by atoms with Gasteiger partial charge in [0, 0.05) is 11.8 Å². The van der Waals surface area contributed by atoms with Crippen molar-refractivity contribution in [3.8, 4) is 5.75 Å². The molecule has 0 unspecified atom stereocenters. The van der Waals surface area contributed by atoms with E-state index in [-0.39, 0.29) is 5.78 Å². The normalized spacial score (nSPS) is 11.1. The summed E-state index contributed by atoms with van der Waals surface area (Å²) in [5, 5.41) is 4.65. The average Bonchev–Trinajstić information content (AvgIpc) is 2.53. The zero-order chi connectivity index (χ0) is 15.9. The van der Waals surface area contributed by atoms with Gasteiger partial charge in [-0.3, -0.25) is 10.2 Å². The van der Waals surface area contributed by atoms with Crippen LogP contribution < -0.4 is 10.2 Å². The van der Waals surface area contributed by atoms with Crippen molar-refractivity contribution in [3.63, 3.8) is 0 Å². The number of carbonyl (C=O) groups is 1. The highest BCUT2D eigenvalue weighted by Gasteiger charge is 2.10. The fourth-order valence-electron chi connectivity index (χ4n) is 1.73. The highest BCUT2D eigenvalue weighted by Crippen LogP contribution is 2.24. The summed E-state index contributed by atoms with van der Waals surface area (Å²) in [5.41, 5.74) is 4.82. The number of nitrogens with zero attached hydrogens (tertiary/aromatic N) is 1. The number of rotatable bonds is 5. The zero-order valence-electron chi connectivity index (χ0n) is 12.8. The summed E-state index contributed by atoms with van der Waals surface area (Å²) in [5.74, 6) is 0.699. The molecule has 0 saturated heterocycles. The number of hydrogen-bond acceptors (Lipinski definition) is 5. The van der Waals surface area contributed by atoms with E-state index in [1.807, 2.05) is 55.5 Å². The van der Waals surface area contributed by atoms with E-state index in [4.69, 9.17) is 4.74 Å². The Balaban J connectivity index is 2.13. The SMILES string of the molecule is COc1ccc(N/N=C(/Sc2ccccc2C)C(C)=O)cc1. The molecule has 0 aliphatic heterocycles. The minimum atomic E-state index is -0.0748. The van der Waals surface area contributed by atoms with E-state index in [2.05, 4.69) is 10.5 Å². The highest BCUT2D eigenvalue weighted by atomic mass is 32.2. The van der Waals surface area contributed by atoms with E-state index < -0.39 is 0 Å². The predicted molar refractivity (Wildman–Crippen MR) is 91.8 cm³/mol. The van der Waals surface area contributed by atoms with Gasteiger partial charge in [0.1, 0.15) is 5.75 Å². The van der Waals surface area contributed by atoms with Crippen molar-refractivity contribution in [1.82, 2.24) is 0 Å². The number of hydrazone groups is 1. The second-order valence-corrected chi connectivity index (χ2v) is 5.71. The van der Waals surface area contributed by atoms with E-state index in [1.54, 1.807) is 7.11 Å². The van der Waals surface area contributed by atoms with E-state index in [0.29, 0.717) is 5.04 Å². The highest BCUT2D eigenvalue weighted by molar-refractivity contribution is 8.15. The van der Waals surface area contributed by atoms with E-state index in [1.165, 1.54) is 18.7 Å². The first-order chi connectivity index (χ1) is 10.6. The van der Waals surface area contributed by atoms with Crippen LogP contribution in [0.15, 0.2) is 58.5 Å².